The fourth-order valence-corrected chi connectivity index (χ4v) is 6.52. The second kappa shape index (κ2) is 14.1. The Morgan fingerprint density at radius 1 is 1.20 bits per heavy atom. The van der Waals surface area contributed by atoms with Crippen molar-refractivity contribution in [2.24, 2.45) is 0 Å². The molecule has 0 spiro atoms. The van der Waals surface area contributed by atoms with Gasteiger partial charge in [0.2, 0.25) is 8.32 Å². The third-order valence-electron chi connectivity index (χ3n) is 8.46. The number of fused-ring (bicyclic) bond motifs is 1. The van der Waals surface area contributed by atoms with E-state index in [1.807, 2.05) is 27.6 Å². The molecule has 1 unspecified atom stereocenters. The smallest absolute Gasteiger partial charge is 0.264 e. The fourth-order valence-electron chi connectivity index (χ4n) is 4.87. The highest BCUT2D eigenvalue weighted by Gasteiger charge is 2.39. The second-order valence-corrected chi connectivity index (χ2v) is 19.2. The van der Waals surface area contributed by atoms with E-state index in [9.17, 15) is 13.7 Å². The second-order valence-electron chi connectivity index (χ2n) is 12.9. The molecule has 44 heavy (non-hydrogen) atoms. The quantitative estimate of drug-likeness (QED) is 0.124. The Labute approximate surface area is 261 Å². The van der Waals surface area contributed by atoms with Crippen molar-refractivity contribution in [2.75, 3.05) is 32.2 Å². The summed E-state index contributed by atoms with van der Waals surface area (Å²) in [4.78, 5) is 0. The zero-order chi connectivity index (χ0) is 32.1. The lowest BCUT2D eigenvalue weighted by Gasteiger charge is -2.36. The van der Waals surface area contributed by atoms with Gasteiger partial charge in [-0.1, -0.05) is 20.8 Å². The van der Waals surface area contributed by atoms with Gasteiger partial charge in [0.15, 0.2) is 6.23 Å². The zero-order valence-corrected chi connectivity index (χ0v) is 28.5. The lowest BCUT2D eigenvalue weighted by atomic mass is 10.1. The minimum atomic E-state index is -4.00. The number of nitrogens with zero attached hydrogens (tertiary/aromatic N) is 4. The van der Waals surface area contributed by atoms with E-state index in [0.717, 1.165) is 47.2 Å². The molecule has 1 saturated heterocycles. The van der Waals surface area contributed by atoms with Crippen LogP contribution < -0.4 is 4.43 Å². The number of nitriles is 1. The molecule has 2 atom stereocenters. The average molecular weight is 647 g/mol. The lowest BCUT2D eigenvalue weighted by Crippen LogP contribution is -2.43. The molecule has 1 aromatic carbocycles. The summed E-state index contributed by atoms with van der Waals surface area (Å²) in [6.07, 6.45) is 4.70. The first-order chi connectivity index (χ1) is 20.7. The molecule has 11 nitrogen and oxygen atoms in total. The van der Waals surface area contributed by atoms with Crippen LogP contribution in [0.3, 0.4) is 0 Å². The van der Waals surface area contributed by atoms with Crippen LogP contribution in [0.4, 0.5) is 0 Å². The zero-order valence-electron chi connectivity index (χ0n) is 26.7. The van der Waals surface area contributed by atoms with Crippen molar-refractivity contribution in [1.29, 1.82) is 5.26 Å². The number of hydrogen-bond donors (Lipinski definition) is 1. The summed E-state index contributed by atoms with van der Waals surface area (Å²) in [5, 5.41) is 16.0. The summed E-state index contributed by atoms with van der Waals surface area (Å²) in [5.41, 5.74) is 3.08. The number of rotatable bonds is 14. The Morgan fingerprint density at radius 2 is 1.98 bits per heavy atom. The van der Waals surface area contributed by atoms with Gasteiger partial charge in [-0.05, 0) is 75.0 Å². The molecule has 242 valence electrons. The third-order valence-corrected chi connectivity index (χ3v) is 13.6. The SMILES string of the molecule is C[C@@H](CCS(=O)(=O)O)OCCOCCn1cc(-c2nn(C3CCCCO3)c3ccc(O[Si](C)(C)C(C)(C)C)cc23)cc1C#N. The Hall–Kier alpha value is -2.73. The predicted molar refractivity (Wildman–Crippen MR) is 172 cm³/mol. The summed E-state index contributed by atoms with van der Waals surface area (Å²) < 4.78 is 58.6. The van der Waals surface area contributed by atoms with Gasteiger partial charge < -0.3 is 23.2 Å². The van der Waals surface area contributed by atoms with Crippen LogP contribution in [0.25, 0.3) is 22.2 Å². The Bertz CT molecular complexity index is 1560. The van der Waals surface area contributed by atoms with Crippen LogP contribution in [-0.4, -0.2) is 73.9 Å². The number of benzene rings is 1. The van der Waals surface area contributed by atoms with Crippen molar-refractivity contribution in [2.45, 2.75) is 90.4 Å². The summed E-state index contributed by atoms with van der Waals surface area (Å²) in [5.74, 6) is 0.478. The monoisotopic (exact) mass is 646 g/mol. The fraction of sp³-hybridized carbons (Fsp3) is 0.613. The predicted octanol–water partition coefficient (Wildman–Crippen LogP) is 6.16. The molecule has 1 aliphatic heterocycles. The molecule has 1 aliphatic rings. The molecule has 0 bridgehead atoms. The van der Waals surface area contributed by atoms with Crippen LogP contribution >= 0.6 is 0 Å². The maximum absolute atomic E-state index is 10.9. The van der Waals surface area contributed by atoms with Gasteiger partial charge in [-0.2, -0.15) is 18.8 Å². The van der Waals surface area contributed by atoms with E-state index in [2.05, 4.69) is 52.1 Å². The summed E-state index contributed by atoms with van der Waals surface area (Å²) in [6.45, 7) is 15.0. The van der Waals surface area contributed by atoms with Gasteiger partial charge >= 0.3 is 0 Å². The summed E-state index contributed by atoms with van der Waals surface area (Å²) in [7, 11) is -6.07. The largest absolute Gasteiger partial charge is 0.543 e. The first-order valence-electron chi connectivity index (χ1n) is 15.3. The normalized spacial score (nSPS) is 17.1. The van der Waals surface area contributed by atoms with Gasteiger partial charge in [0.1, 0.15) is 23.2 Å². The Balaban J connectivity index is 1.51. The van der Waals surface area contributed by atoms with Crippen molar-refractivity contribution >= 4 is 29.3 Å². The summed E-state index contributed by atoms with van der Waals surface area (Å²) >= 11 is 0. The molecule has 2 aromatic heterocycles. The maximum Gasteiger partial charge on any atom is 0.264 e. The summed E-state index contributed by atoms with van der Waals surface area (Å²) in [6, 6.07) is 10.3. The van der Waals surface area contributed by atoms with Crippen molar-refractivity contribution in [3.05, 3.63) is 36.2 Å². The number of ether oxygens (including phenoxy) is 3. The molecule has 0 saturated carbocycles. The minimum absolute atomic E-state index is 0.0549. The van der Waals surface area contributed by atoms with Gasteiger partial charge in [-0.15, -0.1) is 0 Å². The maximum atomic E-state index is 10.9. The van der Waals surface area contributed by atoms with Crippen molar-refractivity contribution in [3.8, 4) is 23.1 Å². The van der Waals surface area contributed by atoms with Gasteiger partial charge in [-0.25, -0.2) is 4.68 Å². The molecule has 13 heteroatoms. The van der Waals surface area contributed by atoms with Gasteiger partial charge in [0.05, 0.1) is 37.2 Å². The molecule has 0 radical (unpaired) electrons. The number of aromatic nitrogens is 3. The highest BCUT2D eigenvalue weighted by atomic mass is 32.2. The lowest BCUT2D eigenvalue weighted by molar-refractivity contribution is -0.0365. The van der Waals surface area contributed by atoms with E-state index in [0.29, 0.717) is 38.7 Å². The van der Waals surface area contributed by atoms with Crippen molar-refractivity contribution in [1.82, 2.24) is 14.3 Å². The first-order valence-corrected chi connectivity index (χ1v) is 19.8. The number of hydrogen-bond acceptors (Lipinski definition) is 8. The molecule has 3 aromatic rings. The van der Waals surface area contributed by atoms with Crippen LogP contribution in [0.2, 0.25) is 18.1 Å². The highest BCUT2D eigenvalue weighted by Crippen LogP contribution is 2.40. The van der Waals surface area contributed by atoms with E-state index in [-0.39, 0.29) is 29.5 Å². The average Bonchev–Trinajstić information content (AvgIpc) is 3.54. The van der Waals surface area contributed by atoms with Crippen LogP contribution in [0.15, 0.2) is 30.5 Å². The standard InChI is InChI=1S/C31H46N4O7SSi/c1-23(12-18-43(36,37)38)40-17-16-39-15-13-34-22-24(19-25(34)21-32)30-27-20-26(42-44(5,6)31(2,3)4)10-11-28(27)35(33-30)29-9-7-8-14-41-29/h10-11,19-20,22-23,29H,7-9,12-18H2,1-6H3,(H,36,37,38)/t23-,29?/m0/s1. The van der Waals surface area contributed by atoms with E-state index in [1.54, 1.807) is 6.92 Å². The van der Waals surface area contributed by atoms with Crippen molar-refractivity contribution < 1.29 is 31.6 Å². The van der Waals surface area contributed by atoms with Gasteiger partial charge in [0.25, 0.3) is 10.1 Å². The Morgan fingerprint density at radius 3 is 2.64 bits per heavy atom. The molecule has 0 amide bonds. The molecule has 0 aliphatic carbocycles. The Kier molecular flexibility index (Phi) is 11.0. The van der Waals surface area contributed by atoms with E-state index in [4.69, 9.17) is 28.3 Å². The van der Waals surface area contributed by atoms with E-state index < -0.39 is 18.4 Å². The van der Waals surface area contributed by atoms with E-state index >= 15 is 0 Å². The molecular weight excluding hydrogens is 601 g/mol. The van der Waals surface area contributed by atoms with Crippen LogP contribution in [0.1, 0.15) is 65.3 Å². The molecule has 4 rings (SSSR count). The molecule has 1 fully saturated rings. The van der Waals surface area contributed by atoms with Crippen LogP contribution in [-0.2, 0) is 30.9 Å². The molecule has 3 heterocycles. The van der Waals surface area contributed by atoms with Crippen molar-refractivity contribution in [3.63, 3.8) is 0 Å². The first kappa shape index (κ1) is 34.1. The third kappa shape index (κ3) is 8.71. The minimum Gasteiger partial charge on any atom is -0.543 e. The van der Waals surface area contributed by atoms with Gasteiger partial charge in [0, 0.05) is 30.3 Å². The topological polar surface area (TPSA) is 138 Å². The molecular formula is C31H46N4O7SSi. The van der Waals surface area contributed by atoms with Crippen LogP contribution in [0, 0.1) is 11.3 Å². The molecule has 1 N–H and O–H groups in total. The van der Waals surface area contributed by atoms with Gasteiger partial charge in [-0.3, -0.25) is 4.55 Å². The highest BCUT2D eigenvalue weighted by molar-refractivity contribution is 7.85. The van der Waals surface area contributed by atoms with E-state index in [1.165, 1.54) is 0 Å². The van der Waals surface area contributed by atoms with Crippen LogP contribution in [0.5, 0.6) is 5.75 Å².